The van der Waals surface area contributed by atoms with Crippen molar-refractivity contribution in [1.29, 1.82) is 0 Å². The minimum absolute atomic E-state index is 0.134. The smallest absolute Gasteiger partial charge is 0.305 e. The molecule has 0 aromatic heterocycles. The normalized spacial score (nSPS) is 10.5. The van der Waals surface area contributed by atoms with E-state index in [9.17, 15) is 9.59 Å². The van der Waals surface area contributed by atoms with Crippen LogP contribution in [0.15, 0.2) is 0 Å². The van der Waals surface area contributed by atoms with Gasteiger partial charge in [0.15, 0.2) is 0 Å². The number of nitrogens with zero attached hydrogens (tertiary/aromatic N) is 1. The van der Waals surface area contributed by atoms with Gasteiger partial charge in [-0.3, -0.25) is 9.59 Å². The fourth-order valence-electron chi connectivity index (χ4n) is 1.79. The maximum atomic E-state index is 11.2. The molecule has 0 aliphatic heterocycles. The Bertz CT molecular complexity index is 232. The predicted molar refractivity (Wildman–Crippen MR) is 73.8 cm³/mol. The van der Waals surface area contributed by atoms with Gasteiger partial charge in [-0.2, -0.15) is 0 Å². The van der Waals surface area contributed by atoms with Gasteiger partial charge in [-0.15, -0.1) is 0 Å². The zero-order valence-corrected chi connectivity index (χ0v) is 12.4. The minimum atomic E-state index is -0.134. The second kappa shape index (κ2) is 12.0. The molecule has 0 bridgehead atoms. The average molecular weight is 273 g/mol. The molecule has 0 spiro atoms. The Morgan fingerprint density at radius 3 is 1.58 bits per heavy atom. The summed E-state index contributed by atoms with van der Waals surface area (Å²) in [6.45, 7) is 9.22. The second-order valence-corrected chi connectivity index (χ2v) is 4.25. The van der Waals surface area contributed by atoms with Gasteiger partial charge in [0.25, 0.3) is 0 Å². The fraction of sp³-hybridized carbons (Fsp3) is 0.857. The Hall–Kier alpha value is -1.10. The van der Waals surface area contributed by atoms with Gasteiger partial charge in [-0.25, -0.2) is 0 Å². The van der Waals surface area contributed by atoms with E-state index >= 15 is 0 Å². The summed E-state index contributed by atoms with van der Waals surface area (Å²) in [7, 11) is 0. The molecule has 0 fully saturated rings. The molecule has 0 heterocycles. The lowest BCUT2D eigenvalue weighted by Crippen LogP contribution is -2.27. The number of carbonyl (C=O) groups is 2. The maximum Gasteiger partial charge on any atom is 0.305 e. The van der Waals surface area contributed by atoms with Crippen LogP contribution in [0.3, 0.4) is 0 Å². The Balaban J connectivity index is 3.65. The van der Waals surface area contributed by atoms with Gasteiger partial charge >= 0.3 is 11.9 Å². The average Bonchev–Trinajstić information content (AvgIpc) is 2.37. The van der Waals surface area contributed by atoms with Crippen molar-refractivity contribution >= 4 is 11.9 Å². The molecule has 5 heteroatoms. The van der Waals surface area contributed by atoms with Gasteiger partial charge in [0.2, 0.25) is 0 Å². The molecular formula is C14H27NO4. The minimum Gasteiger partial charge on any atom is -0.466 e. The first-order valence-electron chi connectivity index (χ1n) is 7.17. The molecule has 0 amide bonds. The van der Waals surface area contributed by atoms with Crippen molar-refractivity contribution in [3.63, 3.8) is 0 Å². The Morgan fingerprint density at radius 2 is 1.26 bits per heavy atom. The van der Waals surface area contributed by atoms with Crippen LogP contribution in [0.4, 0.5) is 0 Å². The topological polar surface area (TPSA) is 55.8 Å². The van der Waals surface area contributed by atoms with Crippen molar-refractivity contribution in [3.05, 3.63) is 0 Å². The number of carbonyl (C=O) groups excluding carboxylic acids is 2. The molecule has 19 heavy (non-hydrogen) atoms. The van der Waals surface area contributed by atoms with Crippen molar-refractivity contribution in [3.8, 4) is 0 Å². The second-order valence-electron chi connectivity index (χ2n) is 4.25. The molecule has 0 aromatic rings. The van der Waals surface area contributed by atoms with Crippen LogP contribution < -0.4 is 0 Å². The summed E-state index contributed by atoms with van der Waals surface area (Å²) in [5.41, 5.74) is 0. The van der Waals surface area contributed by atoms with E-state index < -0.39 is 0 Å². The Kier molecular flexibility index (Phi) is 11.3. The van der Waals surface area contributed by atoms with Crippen LogP contribution in [-0.2, 0) is 19.1 Å². The van der Waals surface area contributed by atoms with Crippen molar-refractivity contribution in [2.24, 2.45) is 0 Å². The summed E-state index contributed by atoms with van der Waals surface area (Å²) in [5.74, 6) is -0.268. The lowest BCUT2D eigenvalue weighted by Gasteiger charge is -2.19. The first-order chi connectivity index (χ1) is 9.13. The van der Waals surface area contributed by atoms with Gasteiger partial charge in [-0.05, 0) is 46.3 Å². The van der Waals surface area contributed by atoms with E-state index in [1.807, 2.05) is 13.8 Å². The highest BCUT2D eigenvalue weighted by atomic mass is 16.5. The molecule has 0 N–H and O–H groups in total. The zero-order chi connectivity index (χ0) is 14.5. The van der Waals surface area contributed by atoms with Gasteiger partial charge in [0.1, 0.15) is 0 Å². The number of hydrogen-bond donors (Lipinski definition) is 0. The van der Waals surface area contributed by atoms with E-state index in [1.54, 1.807) is 0 Å². The fourth-order valence-corrected chi connectivity index (χ4v) is 1.79. The van der Waals surface area contributed by atoms with E-state index in [4.69, 9.17) is 9.47 Å². The summed E-state index contributed by atoms with van der Waals surface area (Å²) in [6.07, 6.45) is 2.52. The third-order valence-electron chi connectivity index (χ3n) is 2.77. The molecule has 0 saturated heterocycles. The first kappa shape index (κ1) is 17.9. The molecule has 0 unspecified atom stereocenters. The number of ether oxygens (including phenoxy) is 2. The molecule has 0 atom stereocenters. The van der Waals surface area contributed by atoms with Crippen LogP contribution in [0.2, 0.25) is 0 Å². The Morgan fingerprint density at radius 1 is 0.842 bits per heavy atom. The van der Waals surface area contributed by atoms with Crippen LogP contribution in [0.5, 0.6) is 0 Å². The van der Waals surface area contributed by atoms with Crippen LogP contribution in [0, 0.1) is 0 Å². The van der Waals surface area contributed by atoms with E-state index in [1.165, 1.54) is 0 Å². The van der Waals surface area contributed by atoms with Gasteiger partial charge in [0, 0.05) is 12.8 Å². The van der Waals surface area contributed by atoms with E-state index in [2.05, 4.69) is 11.8 Å². The van der Waals surface area contributed by atoms with E-state index in [-0.39, 0.29) is 11.9 Å². The number of rotatable bonds is 11. The van der Waals surface area contributed by atoms with Crippen LogP contribution in [0.25, 0.3) is 0 Å². The lowest BCUT2D eigenvalue weighted by molar-refractivity contribution is -0.144. The molecule has 0 aromatic carbocycles. The van der Waals surface area contributed by atoms with Crippen molar-refractivity contribution < 1.29 is 19.1 Å². The van der Waals surface area contributed by atoms with E-state index in [0.29, 0.717) is 26.1 Å². The molecule has 5 nitrogen and oxygen atoms in total. The van der Waals surface area contributed by atoms with Crippen LogP contribution in [0.1, 0.15) is 46.5 Å². The van der Waals surface area contributed by atoms with Gasteiger partial charge < -0.3 is 14.4 Å². The molecule has 112 valence electrons. The third kappa shape index (κ3) is 10.5. The largest absolute Gasteiger partial charge is 0.466 e. The third-order valence-corrected chi connectivity index (χ3v) is 2.77. The van der Waals surface area contributed by atoms with Crippen molar-refractivity contribution in [2.45, 2.75) is 46.5 Å². The molecular weight excluding hydrogens is 246 g/mol. The summed E-state index contributed by atoms with van der Waals surface area (Å²) in [4.78, 5) is 24.6. The summed E-state index contributed by atoms with van der Waals surface area (Å²) in [6, 6.07) is 0. The predicted octanol–water partition coefficient (Wildman–Crippen LogP) is 1.99. The number of hydrogen-bond acceptors (Lipinski definition) is 5. The number of esters is 2. The Labute approximate surface area is 116 Å². The summed E-state index contributed by atoms with van der Waals surface area (Å²) in [5, 5.41) is 0. The monoisotopic (exact) mass is 273 g/mol. The zero-order valence-electron chi connectivity index (χ0n) is 12.4. The molecule has 0 aliphatic carbocycles. The van der Waals surface area contributed by atoms with Crippen molar-refractivity contribution in [2.75, 3.05) is 32.8 Å². The highest BCUT2D eigenvalue weighted by molar-refractivity contribution is 5.69. The van der Waals surface area contributed by atoms with Gasteiger partial charge in [-0.1, -0.05) is 6.92 Å². The lowest BCUT2D eigenvalue weighted by atomic mass is 10.2. The standard InChI is InChI=1S/C14H27NO4/c1-4-15(11-7-9-13(16)18-5-2)12-8-10-14(17)19-6-3/h4-12H2,1-3H3. The van der Waals surface area contributed by atoms with Crippen LogP contribution in [-0.4, -0.2) is 49.7 Å². The van der Waals surface area contributed by atoms with Crippen LogP contribution >= 0.6 is 0 Å². The molecule has 0 aliphatic rings. The molecule has 0 saturated carbocycles. The molecule has 0 rings (SSSR count). The SMILES string of the molecule is CCOC(=O)CCCN(CC)CCCC(=O)OCC. The maximum absolute atomic E-state index is 11.2. The highest BCUT2D eigenvalue weighted by Crippen LogP contribution is 2.01. The van der Waals surface area contributed by atoms with Crippen molar-refractivity contribution in [1.82, 2.24) is 4.90 Å². The quantitative estimate of drug-likeness (QED) is 0.539. The van der Waals surface area contributed by atoms with Gasteiger partial charge in [0.05, 0.1) is 13.2 Å². The molecule has 0 radical (unpaired) electrons. The first-order valence-corrected chi connectivity index (χ1v) is 7.17. The highest BCUT2D eigenvalue weighted by Gasteiger charge is 2.07. The summed E-state index contributed by atoms with van der Waals surface area (Å²) >= 11 is 0. The summed E-state index contributed by atoms with van der Waals surface area (Å²) < 4.78 is 9.76. The van der Waals surface area contributed by atoms with E-state index in [0.717, 1.165) is 32.5 Å².